The summed E-state index contributed by atoms with van der Waals surface area (Å²) in [5.74, 6) is 0.0152. The first-order chi connectivity index (χ1) is 10.2. The number of ether oxygens (including phenoxy) is 2. The largest absolute Gasteiger partial charge is 0.465 e. The molecular weight excluding hydrogens is 270 g/mol. The Labute approximate surface area is 124 Å². The van der Waals surface area contributed by atoms with E-state index in [1.807, 2.05) is 4.90 Å². The number of methoxy groups -OCH3 is 2. The molecule has 21 heavy (non-hydrogen) atoms. The first-order valence-corrected chi connectivity index (χ1v) is 7.12. The van der Waals surface area contributed by atoms with Gasteiger partial charge in [-0.2, -0.15) is 0 Å². The van der Waals surface area contributed by atoms with Crippen molar-refractivity contribution < 1.29 is 19.1 Å². The second-order valence-corrected chi connectivity index (χ2v) is 5.28. The molecule has 1 amide bonds. The van der Waals surface area contributed by atoms with Crippen LogP contribution in [0.5, 0.6) is 0 Å². The van der Waals surface area contributed by atoms with Gasteiger partial charge in [-0.3, -0.25) is 4.79 Å². The molecule has 2 rings (SSSR count). The van der Waals surface area contributed by atoms with Crippen molar-refractivity contribution in [3.8, 4) is 0 Å². The molecule has 1 saturated heterocycles. The fourth-order valence-corrected chi connectivity index (χ4v) is 2.67. The summed E-state index contributed by atoms with van der Waals surface area (Å²) >= 11 is 0. The quantitative estimate of drug-likeness (QED) is 0.796. The zero-order chi connectivity index (χ0) is 15.2. The maximum atomic E-state index is 12.5. The van der Waals surface area contributed by atoms with Crippen molar-refractivity contribution in [3.63, 3.8) is 0 Å². The van der Waals surface area contributed by atoms with Crippen LogP contribution in [0.2, 0.25) is 0 Å². The number of carbonyl (C=O) groups is 2. The van der Waals surface area contributed by atoms with Crippen LogP contribution in [-0.4, -0.2) is 50.7 Å². The van der Waals surface area contributed by atoms with E-state index in [0.29, 0.717) is 23.7 Å². The average Bonchev–Trinajstić information content (AvgIpc) is 2.54. The molecule has 0 saturated carbocycles. The van der Waals surface area contributed by atoms with E-state index < -0.39 is 5.97 Å². The Morgan fingerprint density at radius 2 is 1.86 bits per heavy atom. The highest BCUT2D eigenvalue weighted by atomic mass is 16.5. The summed E-state index contributed by atoms with van der Waals surface area (Å²) in [5, 5.41) is 0. The normalized spacial score (nSPS) is 18.4. The summed E-state index contributed by atoms with van der Waals surface area (Å²) in [6.45, 7) is 2.19. The zero-order valence-corrected chi connectivity index (χ0v) is 12.5. The Bertz CT molecular complexity index is 496. The van der Waals surface area contributed by atoms with Crippen LogP contribution in [0.15, 0.2) is 24.3 Å². The van der Waals surface area contributed by atoms with Gasteiger partial charge in [0, 0.05) is 25.8 Å². The summed E-state index contributed by atoms with van der Waals surface area (Å²) in [6.07, 6.45) is 2.10. The molecule has 1 atom stereocenters. The maximum Gasteiger partial charge on any atom is 0.337 e. The Morgan fingerprint density at radius 3 is 2.48 bits per heavy atom. The molecule has 5 heteroatoms. The van der Waals surface area contributed by atoms with E-state index in [4.69, 9.17) is 4.74 Å². The van der Waals surface area contributed by atoms with E-state index in [9.17, 15) is 9.59 Å². The molecule has 1 aromatic rings. The molecule has 0 bridgehead atoms. The van der Waals surface area contributed by atoms with Crippen molar-refractivity contribution >= 4 is 11.9 Å². The number of hydrogen-bond acceptors (Lipinski definition) is 4. The number of nitrogens with zero attached hydrogens (tertiary/aromatic N) is 1. The molecule has 1 aliphatic heterocycles. The summed E-state index contributed by atoms with van der Waals surface area (Å²) < 4.78 is 9.83. The molecule has 1 aromatic carbocycles. The molecule has 0 N–H and O–H groups in total. The van der Waals surface area contributed by atoms with Gasteiger partial charge >= 0.3 is 5.97 Å². The van der Waals surface area contributed by atoms with Crippen LogP contribution in [0.1, 0.15) is 33.6 Å². The lowest BCUT2D eigenvalue weighted by Crippen LogP contribution is -2.41. The van der Waals surface area contributed by atoms with Gasteiger partial charge in [0.15, 0.2) is 0 Å². The Morgan fingerprint density at radius 1 is 1.19 bits per heavy atom. The van der Waals surface area contributed by atoms with Gasteiger partial charge < -0.3 is 14.4 Å². The molecule has 0 radical (unpaired) electrons. The van der Waals surface area contributed by atoms with E-state index in [0.717, 1.165) is 25.9 Å². The monoisotopic (exact) mass is 291 g/mol. The predicted molar refractivity (Wildman–Crippen MR) is 78.3 cm³/mol. The average molecular weight is 291 g/mol. The second-order valence-electron chi connectivity index (χ2n) is 5.28. The number of hydrogen-bond donors (Lipinski definition) is 0. The van der Waals surface area contributed by atoms with Crippen LogP contribution in [0.3, 0.4) is 0 Å². The lowest BCUT2D eigenvalue weighted by atomic mass is 9.98. The minimum absolute atomic E-state index is 0.00668. The number of esters is 1. The minimum atomic E-state index is -0.396. The smallest absolute Gasteiger partial charge is 0.337 e. The summed E-state index contributed by atoms with van der Waals surface area (Å²) in [6, 6.07) is 6.59. The van der Waals surface area contributed by atoms with Crippen molar-refractivity contribution in [1.82, 2.24) is 4.90 Å². The number of amides is 1. The standard InChI is InChI=1S/C16H21NO4/c1-20-11-12-4-3-9-17(10-12)15(18)13-5-7-14(8-6-13)16(19)21-2/h5-8,12H,3-4,9-11H2,1-2H3. The van der Waals surface area contributed by atoms with E-state index in [1.54, 1.807) is 31.4 Å². The number of rotatable bonds is 4. The molecule has 0 aliphatic carbocycles. The highest BCUT2D eigenvalue weighted by molar-refractivity contribution is 5.96. The Kier molecular flexibility index (Phi) is 5.33. The van der Waals surface area contributed by atoms with E-state index in [-0.39, 0.29) is 5.91 Å². The van der Waals surface area contributed by atoms with Crippen LogP contribution in [-0.2, 0) is 9.47 Å². The van der Waals surface area contributed by atoms with Gasteiger partial charge in [0.2, 0.25) is 0 Å². The van der Waals surface area contributed by atoms with Gasteiger partial charge in [-0.15, -0.1) is 0 Å². The molecule has 114 valence electrons. The number of piperidine rings is 1. The zero-order valence-electron chi connectivity index (χ0n) is 12.5. The van der Waals surface area contributed by atoms with Crippen LogP contribution < -0.4 is 0 Å². The van der Waals surface area contributed by atoms with Gasteiger partial charge in [0.1, 0.15) is 0 Å². The van der Waals surface area contributed by atoms with E-state index >= 15 is 0 Å². The molecule has 1 unspecified atom stereocenters. The Hall–Kier alpha value is -1.88. The summed E-state index contributed by atoms with van der Waals surface area (Å²) in [7, 11) is 3.03. The first kappa shape index (κ1) is 15.5. The van der Waals surface area contributed by atoms with Crippen LogP contribution in [0.25, 0.3) is 0 Å². The maximum absolute atomic E-state index is 12.5. The summed E-state index contributed by atoms with van der Waals surface area (Å²) in [5.41, 5.74) is 1.05. The Balaban J connectivity index is 2.03. The lowest BCUT2D eigenvalue weighted by Gasteiger charge is -2.32. The first-order valence-electron chi connectivity index (χ1n) is 7.12. The number of carbonyl (C=O) groups excluding carboxylic acids is 2. The SMILES string of the molecule is COCC1CCCN(C(=O)c2ccc(C(=O)OC)cc2)C1. The fourth-order valence-electron chi connectivity index (χ4n) is 2.67. The molecule has 0 aromatic heterocycles. The van der Waals surface area contributed by atoms with Gasteiger partial charge in [0.05, 0.1) is 19.3 Å². The van der Waals surface area contributed by atoms with Gasteiger partial charge in [-0.25, -0.2) is 4.79 Å². The fraction of sp³-hybridized carbons (Fsp3) is 0.500. The predicted octanol–water partition coefficient (Wildman–Crippen LogP) is 1.97. The third-order valence-corrected chi connectivity index (χ3v) is 3.76. The van der Waals surface area contributed by atoms with Crippen LogP contribution in [0.4, 0.5) is 0 Å². The highest BCUT2D eigenvalue weighted by Gasteiger charge is 2.24. The van der Waals surface area contributed by atoms with E-state index in [2.05, 4.69) is 4.74 Å². The summed E-state index contributed by atoms with van der Waals surface area (Å²) in [4.78, 5) is 25.7. The minimum Gasteiger partial charge on any atom is -0.465 e. The molecular formula is C16H21NO4. The third-order valence-electron chi connectivity index (χ3n) is 3.76. The number of benzene rings is 1. The molecule has 0 spiro atoms. The van der Waals surface area contributed by atoms with Gasteiger partial charge in [-0.1, -0.05) is 0 Å². The van der Waals surface area contributed by atoms with Gasteiger partial charge in [0.25, 0.3) is 5.91 Å². The second kappa shape index (κ2) is 7.22. The van der Waals surface area contributed by atoms with Crippen molar-refractivity contribution in [2.45, 2.75) is 12.8 Å². The highest BCUT2D eigenvalue weighted by Crippen LogP contribution is 2.19. The molecule has 5 nitrogen and oxygen atoms in total. The molecule has 1 fully saturated rings. The van der Waals surface area contributed by atoms with E-state index in [1.165, 1.54) is 7.11 Å². The van der Waals surface area contributed by atoms with Crippen molar-refractivity contribution in [3.05, 3.63) is 35.4 Å². The third kappa shape index (κ3) is 3.82. The topological polar surface area (TPSA) is 55.8 Å². The van der Waals surface area contributed by atoms with Crippen molar-refractivity contribution in [2.24, 2.45) is 5.92 Å². The van der Waals surface area contributed by atoms with Crippen molar-refractivity contribution in [1.29, 1.82) is 0 Å². The van der Waals surface area contributed by atoms with Crippen molar-refractivity contribution in [2.75, 3.05) is 33.9 Å². The molecule has 1 aliphatic rings. The lowest BCUT2D eigenvalue weighted by molar-refractivity contribution is 0.0567. The molecule has 1 heterocycles. The van der Waals surface area contributed by atoms with Crippen LogP contribution >= 0.6 is 0 Å². The number of likely N-dealkylation sites (tertiary alicyclic amines) is 1. The van der Waals surface area contributed by atoms with Crippen LogP contribution in [0, 0.1) is 5.92 Å². The van der Waals surface area contributed by atoms with Gasteiger partial charge in [-0.05, 0) is 43.0 Å².